The van der Waals surface area contributed by atoms with Crippen molar-refractivity contribution in [3.05, 3.63) is 23.4 Å². The molecular weight excluding hydrogens is 238 g/mol. The van der Waals surface area contributed by atoms with Gasteiger partial charge in [-0.1, -0.05) is 13.0 Å². The number of likely N-dealkylation sites (N-methyl/N-ethyl adjacent to an activating group) is 2. The largest absolute Gasteiger partial charge is 0.392 e. The molecule has 2 heterocycles. The number of anilines is 1. The maximum Gasteiger partial charge on any atom is 0.128 e. The van der Waals surface area contributed by atoms with E-state index < -0.39 is 0 Å². The fourth-order valence-electron chi connectivity index (χ4n) is 2.88. The smallest absolute Gasteiger partial charge is 0.128 e. The van der Waals surface area contributed by atoms with Gasteiger partial charge >= 0.3 is 0 Å². The number of rotatable bonds is 5. The predicted octanol–water partition coefficient (Wildman–Crippen LogP) is 1.80. The van der Waals surface area contributed by atoms with E-state index in [0.29, 0.717) is 6.04 Å². The summed E-state index contributed by atoms with van der Waals surface area (Å²) < 4.78 is 0. The van der Waals surface area contributed by atoms with Crippen molar-refractivity contribution in [3.63, 3.8) is 0 Å². The van der Waals surface area contributed by atoms with E-state index in [0.717, 1.165) is 30.2 Å². The quantitative estimate of drug-likeness (QED) is 0.879. The van der Waals surface area contributed by atoms with Gasteiger partial charge in [-0.05, 0) is 44.5 Å². The number of aryl methyl sites for hydroxylation is 1. The summed E-state index contributed by atoms with van der Waals surface area (Å²) in [5, 5.41) is 9.18. The first-order valence-corrected chi connectivity index (χ1v) is 7.18. The maximum absolute atomic E-state index is 9.18. The van der Waals surface area contributed by atoms with E-state index in [4.69, 9.17) is 0 Å². The second-order valence-corrected chi connectivity index (χ2v) is 5.38. The van der Waals surface area contributed by atoms with E-state index in [2.05, 4.69) is 28.8 Å². The molecule has 1 N–H and O–H groups in total. The molecule has 0 amide bonds. The number of hydrogen-bond donors (Lipinski definition) is 1. The molecular formula is C15H25N3O. The number of aliphatic hydroxyl groups is 1. The van der Waals surface area contributed by atoms with E-state index >= 15 is 0 Å². The lowest BCUT2D eigenvalue weighted by Crippen LogP contribution is -2.39. The Hall–Kier alpha value is -1.13. The van der Waals surface area contributed by atoms with Crippen molar-refractivity contribution in [1.29, 1.82) is 0 Å². The number of hydrogen-bond acceptors (Lipinski definition) is 4. The van der Waals surface area contributed by atoms with Crippen LogP contribution in [0, 0.1) is 6.92 Å². The summed E-state index contributed by atoms with van der Waals surface area (Å²) in [5.74, 6) is 0.998. The van der Waals surface area contributed by atoms with Crippen LogP contribution in [0.5, 0.6) is 0 Å². The molecule has 2 rings (SSSR count). The van der Waals surface area contributed by atoms with Crippen LogP contribution in [0.25, 0.3) is 0 Å². The third-order valence-electron chi connectivity index (χ3n) is 4.13. The lowest BCUT2D eigenvalue weighted by atomic mass is 10.2. The number of aliphatic hydroxyl groups excluding tert-OH is 1. The number of nitrogens with zero attached hydrogens (tertiary/aromatic N) is 3. The van der Waals surface area contributed by atoms with E-state index in [-0.39, 0.29) is 6.61 Å². The number of pyridine rings is 1. The van der Waals surface area contributed by atoms with Crippen molar-refractivity contribution in [1.82, 2.24) is 9.88 Å². The zero-order chi connectivity index (χ0) is 13.8. The zero-order valence-electron chi connectivity index (χ0n) is 12.3. The Bertz CT molecular complexity index is 422. The van der Waals surface area contributed by atoms with E-state index in [1.165, 1.54) is 19.4 Å². The summed E-state index contributed by atoms with van der Waals surface area (Å²) in [7, 11) is 2.10. The summed E-state index contributed by atoms with van der Waals surface area (Å²) in [6.07, 6.45) is 2.59. The molecule has 0 aliphatic carbocycles. The van der Waals surface area contributed by atoms with Crippen LogP contribution in [0.3, 0.4) is 0 Å². The van der Waals surface area contributed by atoms with Crippen molar-refractivity contribution >= 4 is 5.82 Å². The summed E-state index contributed by atoms with van der Waals surface area (Å²) in [6.45, 7) is 7.64. The molecule has 0 spiro atoms. The second kappa shape index (κ2) is 6.35. The summed E-state index contributed by atoms with van der Waals surface area (Å²) in [6, 6.07) is 4.62. The molecule has 4 heteroatoms. The van der Waals surface area contributed by atoms with Gasteiger partial charge in [0.2, 0.25) is 0 Å². The third-order valence-corrected chi connectivity index (χ3v) is 4.13. The molecule has 1 fully saturated rings. The molecule has 1 aromatic heterocycles. The van der Waals surface area contributed by atoms with Crippen LogP contribution in [-0.2, 0) is 6.61 Å². The average Bonchev–Trinajstić information content (AvgIpc) is 2.85. The van der Waals surface area contributed by atoms with Gasteiger partial charge in [-0.3, -0.25) is 4.90 Å². The predicted molar refractivity (Wildman–Crippen MR) is 78.4 cm³/mol. The summed E-state index contributed by atoms with van der Waals surface area (Å²) >= 11 is 0. The van der Waals surface area contributed by atoms with Gasteiger partial charge in [0.05, 0.1) is 6.61 Å². The highest BCUT2D eigenvalue weighted by Gasteiger charge is 2.24. The molecule has 106 valence electrons. The van der Waals surface area contributed by atoms with Crippen molar-refractivity contribution in [2.75, 3.05) is 31.6 Å². The van der Waals surface area contributed by atoms with Gasteiger partial charge in [0.1, 0.15) is 5.82 Å². The van der Waals surface area contributed by atoms with Crippen LogP contribution in [0.4, 0.5) is 5.82 Å². The molecule has 1 unspecified atom stereocenters. The minimum absolute atomic E-state index is 0.0645. The minimum Gasteiger partial charge on any atom is -0.392 e. The highest BCUT2D eigenvalue weighted by molar-refractivity contribution is 5.41. The van der Waals surface area contributed by atoms with Crippen LogP contribution in [0.15, 0.2) is 12.1 Å². The number of aromatic nitrogens is 1. The maximum atomic E-state index is 9.18. The molecule has 1 aromatic rings. The fraction of sp³-hybridized carbons (Fsp3) is 0.667. The molecule has 4 nitrogen and oxygen atoms in total. The Morgan fingerprint density at radius 1 is 1.47 bits per heavy atom. The highest BCUT2D eigenvalue weighted by Crippen LogP contribution is 2.20. The van der Waals surface area contributed by atoms with Gasteiger partial charge in [-0.15, -0.1) is 0 Å². The third kappa shape index (κ3) is 3.25. The van der Waals surface area contributed by atoms with Crippen molar-refractivity contribution in [2.24, 2.45) is 0 Å². The number of likely N-dealkylation sites (tertiary alicyclic amines) is 1. The van der Waals surface area contributed by atoms with Gasteiger partial charge in [0.15, 0.2) is 0 Å². The van der Waals surface area contributed by atoms with Gasteiger partial charge in [-0.25, -0.2) is 4.98 Å². The molecule has 0 saturated carbocycles. The van der Waals surface area contributed by atoms with Crippen LogP contribution in [0.1, 0.15) is 31.0 Å². The summed E-state index contributed by atoms with van der Waals surface area (Å²) in [5.41, 5.74) is 1.83. The van der Waals surface area contributed by atoms with Gasteiger partial charge < -0.3 is 10.0 Å². The standard InChI is InChI=1S/C15H25N3O/c1-4-18-9-5-6-14(18)10-17(3)15-8-7-13(11-19)12(2)16-15/h7-8,14,19H,4-6,9-11H2,1-3H3. The van der Waals surface area contributed by atoms with Crippen LogP contribution < -0.4 is 4.90 Å². The average molecular weight is 263 g/mol. The topological polar surface area (TPSA) is 39.6 Å². The normalized spacial score (nSPS) is 19.9. The molecule has 0 bridgehead atoms. The Labute approximate surface area is 116 Å². The first-order valence-electron chi connectivity index (χ1n) is 7.18. The van der Waals surface area contributed by atoms with Crippen LogP contribution in [0.2, 0.25) is 0 Å². The van der Waals surface area contributed by atoms with Gasteiger partial charge in [0, 0.05) is 25.3 Å². The molecule has 0 aromatic carbocycles. The lowest BCUT2D eigenvalue weighted by Gasteiger charge is -2.28. The Morgan fingerprint density at radius 3 is 2.89 bits per heavy atom. The highest BCUT2D eigenvalue weighted by atomic mass is 16.3. The first kappa shape index (κ1) is 14.3. The fourth-order valence-corrected chi connectivity index (χ4v) is 2.88. The van der Waals surface area contributed by atoms with E-state index in [1.807, 2.05) is 19.1 Å². The summed E-state index contributed by atoms with van der Waals surface area (Å²) in [4.78, 5) is 9.36. The first-order chi connectivity index (χ1) is 9.15. The van der Waals surface area contributed by atoms with Crippen molar-refractivity contribution in [2.45, 2.75) is 39.3 Å². The van der Waals surface area contributed by atoms with Crippen molar-refractivity contribution < 1.29 is 5.11 Å². The van der Waals surface area contributed by atoms with Gasteiger partial charge in [0.25, 0.3) is 0 Å². The van der Waals surface area contributed by atoms with E-state index in [9.17, 15) is 5.11 Å². The molecule has 1 aliphatic heterocycles. The molecule has 1 saturated heterocycles. The van der Waals surface area contributed by atoms with Crippen LogP contribution in [-0.4, -0.2) is 47.7 Å². The zero-order valence-corrected chi connectivity index (χ0v) is 12.3. The minimum atomic E-state index is 0.0645. The Balaban J connectivity index is 2.03. The Morgan fingerprint density at radius 2 is 2.26 bits per heavy atom. The monoisotopic (exact) mass is 263 g/mol. The van der Waals surface area contributed by atoms with Crippen molar-refractivity contribution in [3.8, 4) is 0 Å². The van der Waals surface area contributed by atoms with Crippen LogP contribution >= 0.6 is 0 Å². The van der Waals surface area contributed by atoms with E-state index in [1.54, 1.807) is 0 Å². The lowest BCUT2D eigenvalue weighted by molar-refractivity contribution is 0.270. The SMILES string of the molecule is CCN1CCCC1CN(C)c1ccc(CO)c(C)n1. The molecule has 1 atom stereocenters. The molecule has 19 heavy (non-hydrogen) atoms. The molecule has 1 aliphatic rings. The second-order valence-electron chi connectivity index (χ2n) is 5.38. The molecule has 0 radical (unpaired) electrons. The van der Waals surface area contributed by atoms with Gasteiger partial charge in [-0.2, -0.15) is 0 Å². The Kier molecular flexibility index (Phi) is 4.77.